The van der Waals surface area contributed by atoms with E-state index in [1.165, 1.54) is 42.0 Å². The number of rotatable bonds is 7. The molecule has 0 saturated heterocycles. The van der Waals surface area contributed by atoms with Gasteiger partial charge in [-0.15, -0.1) is 11.8 Å². The molecule has 2 nitrogen and oxygen atoms in total. The average molecular weight is 327 g/mol. The molecular weight excluding hydrogens is 300 g/mol. The largest absolute Gasteiger partial charge is 0.310 e. The maximum Gasteiger partial charge on any atom is 0.0410 e. The minimum atomic E-state index is 0.475. The summed E-state index contributed by atoms with van der Waals surface area (Å²) in [6.45, 7) is 6.77. The third kappa shape index (κ3) is 5.17. The van der Waals surface area contributed by atoms with E-state index in [9.17, 15) is 0 Å². The van der Waals surface area contributed by atoms with Crippen molar-refractivity contribution in [3.05, 3.63) is 28.8 Å². The van der Waals surface area contributed by atoms with Gasteiger partial charge in [0, 0.05) is 22.0 Å². The summed E-state index contributed by atoms with van der Waals surface area (Å²) in [5.74, 6) is 1.20. The average Bonchev–Trinajstić information content (AvgIpc) is 2.46. The summed E-state index contributed by atoms with van der Waals surface area (Å²) < 4.78 is 0. The fourth-order valence-corrected chi connectivity index (χ4v) is 3.88. The highest BCUT2D eigenvalue weighted by Crippen LogP contribution is 2.37. The molecule has 1 aliphatic rings. The summed E-state index contributed by atoms with van der Waals surface area (Å²) in [5.41, 5.74) is 1.39. The maximum atomic E-state index is 6.15. The number of unbranched alkanes of at least 4 members (excludes halogenated alkanes) is 1. The number of benzene rings is 1. The molecule has 1 aliphatic heterocycles. The molecule has 21 heavy (non-hydrogen) atoms. The molecule has 1 unspecified atom stereocenters. The fraction of sp³-hybridized carbons (Fsp3) is 0.647. The predicted molar refractivity (Wildman–Crippen MR) is 94.5 cm³/mol. The molecule has 0 aromatic heterocycles. The zero-order valence-corrected chi connectivity index (χ0v) is 14.9. The van der Waals surface area contributed by atoms with E-state index in [1.807, 2.05) is 17.8 Å². The molecule has 0 amide bonds. The summed E-state index contributed by atoms with van der Waals surface area (Å²) in [7, 11) is 2.20. The lowest BCUT2D eigenvalue weighted by Gasteiger charge is -2.26. The Morgan fingerprint density at radius 1 is 1.38 bits per heavy atom. The molecule has 0 radical (unpaired) electrons. The van der Waals surface area contributed by atoms with Crippen molar-refractivity contribution >= 4 is 23.4 Å². The van der Waals surface area contributed by atoms with Gasteiger partial charge in [-0.1, -0.05) is 11.6 Å². The second-order valence-corrected chi connectivity index (χ2v) is 7.68. The van der Waals surface area contributed by atoms with Crippen LogP contribution in [-0.4, -0.2) is 36.8 Å². The lowest BCUT2D eigenvalue weighted by atomic mass is 10.0. The first-order valence-corrected chi connectivity index (χ1v) is 9.30. The third-order valence-electron chi connectivity index (χ3n) is 4.22. The minimum absolute atomic E-state index is 0.475. The van der Waals surface area contributed by atoms with Crippen LogP contribution in [0.2, 0.25) is 5.02 Å². The van der Waals surface area contributed by atoms with Crippen molar-refractivity contribution in [2.24, 2.45) is 0 Å². The van der Waals surface area contributed by atoms with Crippen molar-refractivity contribution in [2.75, 3.05) is 25.9 Å². The van der Waals surface area contributed by atoms with Crippen LogP contribution in [0.25, 0.3) is 0 Å². The van der Waals surface area contributed by atoms with Gasteiger partial charge in [0.05, 0.1) is 0 Å². The first kappa shape index (κ1) is 17.1. The van der Waals surface area contributed by atoms with E-state index in [0.29, 0.717) is 12.1 Å². The van der Waals surface area contributed by atoms with Gasteiger partial charge in [-0.2, -0.15) is 0 Å². The van der Waals surface area contributed by atoms with Gasteiger partial charge in [-0.05, 0) is 82.8 Å². The Bertz CT molecular complexity index is 450. The van der Waals surface area contributed by atoms with Crippen LogP contribution in [0, 0.1) is 0 Å². The van der Waals surface area contributed by atoms with Crippen molar-refractivity contribution in [2.45, 2.75) is 50.1 Å². The van der Waals surface area contributed by atoms with Crippen LogP contribution in [0.1, 0.15) is 44.7 Å². The van der Waals surface area contributed by atoms with E-state index in [0.717, 1.165) is 11.6 Å². The first-order chi connectivity index (χ1) is 10.1. The van der Waals surface area contributed by atoms with Gasteiger partial charge in [0.25, 0.3) is 0 Å². The Balaban J connectivity index is 1.76. The molecule has 0 saturated carbocycles. The van der Waals surface area contributed by atoms with Crippen LogP contribution in [0.5, 0.6) is 0 Å². The smallest absolute Gasteiger partial charge is 0.0410 e. The molecule has 1 N–H and O–H groups in total. The Morgan fingerprint density at radius 3 is 2.95 bits per heavy atom. The van der Waals surface area contributed by atoms with Gasteiger partial charge in [-0.25, -0.2) is 0 Å². The monoisotopic (exact) mass is 326 g/mol. The summed E-state index contributed by atoms with van der Waals surface area (Å²) >= 11 is 8.09. The van der Waals surface area contributed by atoms with Crippen molar-refractivity contribution in [3.8, 4) is 0 Å². The lowest BCUT2D eigenvalue weighted by Crippen LogP contribution is -2.29. The first-order valence-electron chi connectivity index (χ1n) is 7.94. The van der Waals surface area contributed by atoms with Crippen molar-refractivity contribution < 1.29 is 0 Å². The number of hydrogen-bond donors (Lipinski definition) is 1. The van der Waals surface area contributed by atoms with Crippen LogP contribution >= 0.6 is 23.4 Å². The van der Waals surface area contributed by atoms with Crippen LogP contribution in [0.3, 0.4) is 0 Å². The fourth-order valence-electron chi connectivity index (χ4n) is 2.60. The zero-order valence-electron chi connectivity index (χ0n) is 13.4. The van der Waals surface area contributed by atoms with E-state index in [4.69, 9.17) is 11.6 Å². The van der Waals surface area contributed by atoms with E-state index < -0.39 is 0 Å². The predicted octanol–water partition coefficient (Wildman–Crippen LogP) is 4.59. The SMILES string of the molecule is CC(C)N(C)CCCCNC1CCSc2ccc(Cl)cc21. The quantitative estimate of drug-likeness (QED) is 0.738. The molecule has 0 fully saturated rings. The van der Waals surface area contributed by atoms with Crippen molar-refractivity contribution in [1.82, 2.24) is 10.2 Å². The number of nitrogens with zero attached hydrogens (tertiary/aromatic N) is 1. The minimum Gasteiger partial charge on any atom is -0.310 e. The summed E-state index contributed by atoms with van der Waals surface area (Å²) in [4.78, 5) is 3.80. The summed E-state index contributed by atoms with van der Waals surface area (Å²) in [6.07, 6.45) is 3.69. The van der Waals surface area contributed by atoms with Crippen LogP contribution < -0.4 is 5.32 Å². The molecule has 2 rings (SSSR count). The summed E-state index contributed by atoms with van der Waals surface area (Å²) in [5, 5.41) is 4.57. The van der Waals surface area contributed by atoms with Crippen LogP contribution in [0.15, 0.2) is 23.1 Å². The van der Waals surface area contributed by atoms with Gasteiger partial charge in [0.15, 0.2) is 0 Å². The highest BCUT2D eigenvalue weighted by Gasteiger charge is 2.20. The Kier molecular flexibility index (Phi) is 6.87. The van der Waals surface area contributed by atoms with E-state index in [-0.39, 0.29) is 0 Å². The lowest BCUT2D eigenvalue weighted by molar-refractivity contribution is 0.267. The molecule has 118 valence electrons. The number of fused-ring (bicyclic) bond motifs is 1. The highest BCUT2D eigenvalue weighted by molar-refractivity contribution is 7.99. The normalized spacial score (nSPS) is 18.3. The Morgan fingerprint density at radius 2 is 2.19 bits per heavy atom. The molecule has 0 spiro atoms. The standard InChI is InChI=1S/C17H27ClN2S/c1-13(2)20(3)10-5-4-9-19-16-8-11-21-17-7-6-14(18)12-15(16)17/h6-7,12-13,16,19H,4-5,8-11H2,1-3H3. The second-order valence-electron chi connectivity index (χ2n) is 6.11. The molecule has 1 heterocycles. The molecule has 1 aromatic carbocycles. The molecule has 0 bridgehead atoms. The van der Waals surface area contributed by atoms with E-state index >= 15 is 0 Å². The molecule has 1 aromatic rings. The highest BCUT2D eigenvalue weighted by atomic mass is 35.5. The van der Waals surface area contributed by atoms with Gasteiger partial charge in [0.2, 0.25) is 0 Å². The van der Waals surface area contributed by atoms with Gasteiger partial charge in [0.1, 0.15) is 0 Å². The Hall–Kier alpha value is -0.220. The number of thioether (sulfide) groups is 1. The van der Waals surface area contributed by atoms with E-state index in [2.05, 4.69) is 43.2 Å². The molecule has 1 atom stereocenters. The second kappa shape index (κ2) is 8.42. The van der Waals surface area contributed by atoms with Crippen LogP contribution in [-0.2, 0) is 0 Å². The summed E-state index contributed by atoms with van der Waals surface area (Å²) in [6, 6.07) is 7.41. The maximum absolute atomic E-state index is 6.15. The van der Waals surface area contributed by atoms with Crippen molar-refractivity contribution in [3.63, 3.8) is 0 Å². The molecule has 0 aliphatic carbocycles. The van der Waals surface area contributed by atoms with Gasteiger partial charge in [-0.3, -0.25) is 0 Å². The number of nitrogens with one attached hydrogen (secondary N) is 1. The zero-order chi connectivity index (χ0) is 15.2. The number of halogens is 1. The molecule has 4 heteroatoms. The number of hydrogen-bond acceptors (Lipinski definition) is 3. The van der Waals surface area contributed by atoms with Gasteiger partial charge < -0.3 is 10.2 Å². The van der Waals surface area contributed by atoms with Crippen molar-refractivity contribution in [1.29, 1.82) is 0 Å². The molecular formula is C17H27ClN2S. The van der Waals surface area contributed by atoms with Crippen LogP contribution in [0.4, 0.5) is 0 Å². The van der Waals surface area contributed by atoms with E-state index in [1.54, 1.807) is 0 Å². The third-order valence-corrected chi connectivity index (χ3v) is 5.58. The Labute approximate surface area is 138 Å². The van der Waals surface area contributed by atoms with Gasteiger partial charge >= 0.3 is 0 Å². The topological polar surface area (TPSA) is 15.3 Å².